The number of amides is 2. The number of ether oxygens (including phenoxy) is 1. The number of thiazole rings is 1. The summed E-state index contributed by atoms with van der Waals surface area (Å²) in [6, 6.07) is 13.6. The van der Waals surface area contributed by atoms with Crippen LogP contribution in [0, 0.1) is 26.7 Å². The summed E-state index contributed by atoms with van der Waals surface area (Å²) < 4.78 is 5.43. The second kappa shape index (κ2) is 10.2. The van der Waals surface area contributed by atoms with Gasteiger partial charge in [0.1, 0.15) is 11.6 Å². The van der Waals surface area contributed by atoms with Crippen LogP contribution in [0.4, 0.5) is 11.4 Å². The molecule has 1 unspecified atom stereocenters. The minimum absolute atomic E-state index is 0.0170. The van der Waals surface area contributed by atoms with Gasteiger partial charge in [0.2, 0.25) is 11.8 Å². The SMILES string of the molecule is Cc1ccc(N2CC(C(=O)OCc3csc(CC(=O)Nc4cc(C)ccc4C)n3)CC2=O)cc1. The van der Waals surface area contributed by atoms with E-state index >= 15 is 0 Å². The van der Waals surface area contributed by atoms with Crippen molar-refractivity contribution in [2.75, 3.05) is 16.8 Å². The molecule has 8 heteroatoms. The summed E-state index contributed by atoms with van der Waals surface area (Å²) in [6.07, 6.45) is 0.280. The molecule has 1 atom stereocenters. The van der Waals surface area contributed by atoms with E-state index in [1.165, 1.54) is 11.3 Å². The minimum atomic E-state index is -0.504. The van der Waals surface area contributed by atoms with Crippen molar-refractivity contribution in [2.45, 2.75) is 40.2 Å². The first-order chi connectivity index (χ1) is 16.3. The molecule has 7 nitrogen and oxygen atoms in total. The zero-order valence-electron chi connectivity index (χ0n) is 19.5. The maximum Gasteiger partial charge on any atom is 0.311 e. The molecule has 4 rings (SSSR count). The van der Waals surface area contributed by atoms with E-state index in [9.17, 15) is 14.4 Å². The summed E-state index contributed by atoms with van der Waals surface area (Å²) >= 11 is 1.35. The second-order valence-electron chi connectivity index (χ2n) is 8.62. The molecule has 0 aliphatic carbocycles. The molecular formula is C26H27N3O4S. The topological polar surface area (TPSA) is 88.6 Å². The number of hydrogen-bond donors (Lipinski definition) is 1. The molecule has 0 saturated carbocycles. The highest BCUT2D eigenvalue weighted by Gasteiger charge is 2.36. The first-order valence-electron chi connectivity index (χ1n) is 11.1. The van der Waals surface area contributed by atoms with Crippen LogP contribution in [-0.4, -0.2) is 29.3 Å². The first-order valence-corrected chi connectivity index (χ1v) is 12.0. The van der Waals surface area contributed by atoms with E-state index in [1.54, 1.807) is 10.3 Å². The lowest BCUT2D eigenvalue weighted by Crippen LogP contribution is -2.26. The highest BCUT2D eigenvalue weighted by molar-refractivity contribution is 7.09. The van der Waals surface area contributed by atoms with Gasteiger partial charge in [0, 0.05) is 29.7 Å². The van der Waals surface area contributed by atoms with Gasteiger partial charge >= 0.3 is 5.97 Å². The van der Waals surface area contributed by atoms with E-state index < -0.39 is 11.9 Å². The van der Waals surface area contributed by atoms with Crippen LogP contribution >= 0.6 is 11.3 Å². The van der Waals surface area contributed by atoms with Crippen LogP contribution in [0.3, 0.4) is 0 Å². The van der Waals surface area contributed by atoms with Crippen LogP contribution in [0.25, 0.3) is 0 Å². The van der Waals surface area contributed by atoms with Gasteiger partial charge in [0.05, 0.1) is 18.0 Å². The minimum Gasteiger partial charge on any atom is -0.459 e. The van der Waals surface area contributed by atoms with Gasteiger partial charge in [-0.3, -0.25) is 14.4 Å². The van der Waals surface area contributed by atoms with Crippen LogP contribution in [0.1, 0.15) is 33.8 Å². The van der Waals surface area contributed by atoms with Crippen molar-refractivity contribution < 1.29 is 19.1 Å². The fraction of sp³-hybridized carbons (Fsp3) is 0.308. The van der Waals surface area contributed by atoms with Gasteiger partial charge in [0.25, 0.3) is 0 Å². The summed E-state index contributed by atoms with van der Waals surface area (Å²) in [5, 5.41) is 5.36. The van der Waals surface area contributed by atoms with Gasteiger partial charge in [-0.25, -0.2) is 4.98 Å². The maximum absolute atomic E-state index is 12.6. The van der Waals surface area contributed by atoms with E-state index in [4.69, 9.17) is 4.74 Å². The number of rotatable bonds is 7. The molecule has 0 spiro atoms. The Balaban J connectivity index is 1.27. The zero-order chi connectivity index (χ0) is 24.2. The van der Waals surface area contributed by atoms with Crippen molar-refractivity contribution >= 4 is 40.5 Å². The first kappa shape index (κ1) is 23.6. The van der Waals surface area contributed by atoms with Gasteiger partial charge in [-0.1, -0.05) is 29.8 Å². The molecule has 2 amide bonds. The Morgan fingerprint density at radius 1 is 1.12 bits per heavy atom. The Morgan fingerprint density at radius 2 is 1.85 bits per heavy atom. The lowest BCUT2D eigenvalue weighted by Gasteiger charge is -2.16. The molecule has 2 aromatic carbocycles. The molecule has 3 aromatic rings. The summed E-state index contributed by atoms with van der Waals surface area (Å²) in [5.41, 5.74) is 5.35. The number of benzene rings is 2. The van der Waals surface area contributed by atoms with Crippen LogP contribution in [0.15, 0.2) is 47.8 Å². The molecule has 2 heterocycles. The standard InChI is InChI=1S/C26H27N3O4S/c1-16-5-8-21(9-6-16)29-13-19(11-25(29)31)26(32)33-14-20-15-34-24(27-20)12-23(30)28-22-10-17(2)4-7-18(22)3/h4-10,15,19H,11-14H2,1-3H3,(H,28,30). The van der Waals surface area contributed by atoms with E-state index in [0.29, 0.717) is 17.2 Å². The molecule has 1 aliphatic rings. The van der Waals surface area contributed by atoms with Crippen LogP contribution in [0.2, 0.25) is 0 Å². The molecular weight excluding hydrogens is 450 g/mol. The number of carbonyl (C=O) groups is 3. The summed E-state index contributed by atoms with van der Waals surface area (Å²) in [6.45, 7) is 6.23. The summed E-state index contributed by atoms with van der Waals surface area (Å²) in [4.78, 5) is 43.4. The maximum atomic E-state index is 12.6. The highest BCUT2D eigenvalue weighted by Crippen LogP contribution is 2.26. The fourth-order valence-corrected chi connectivity index (χ4v) is 4.58. The Hall–Kier alpha value is -3.52. The van der Waals surface area contributed by atoms with Crippen molar-refractivity contribution in [1.82, 2.24) is 4.98 Å². The Morgan fingerprint density at radius 3 is 2.62 bits per heavy atom. The van der Waals surface area contributed by atoms with Gasteiger partial charge in [-0.2, -0.15) is 0 Å². The van der Waals surface area contributed by atoms with Crippen molar-refractivity contribution in [3.8, 4) is 0 Å². The van der Waals surface area contributed by atoms with Crippen LogP contribution in [-0.2, 0) is 32.1 Å². The Kier molecular flexibility index (Phi) is 7.07. The lowest BCUT2D eigenvalue weighted by atomic mass is 10.1. The largest absolute Gasteiger partial charge is 0.459 e. The smallest absolute Gasteiger partial charge is 0.311 e. The van der Waals surface area contributed by atoms with Gasteiger partial charge < -0.3 is 15.0 Å². The van der Waals surface area contributed by atoms with Crippen molar-refractivity contribution in [2.24, 2.45) is 5.92 Å². The molecule has 176 valence electrons. The average Bonchev–Trinajstić information content (AvgIpc) is 3.41. The molecule has 0 bridgehead atoms. The number of esters is 1. The third-order valence-corrected chi connectivity index (χ3v) is 6.64. The van der Waals surface area contributed by atoms with E-state index in [1.807, 2.05) is 63.2 Å². The third-order valence-electron chi connectivity index (χ3n) is 5.74. The molecule has 1 N–H and O–H groups in total. The number of aryl methyl sites for hydroxylation is 3. The number of nitrogens with zero attached hydrogens (tertiary/aromatic N) is 2. The van der Waals surface area contributed by atoms with Crippen molar-refractivity contribution in [3.05, 3.63) is 75.2 Å². The predicted molar refractivity (Wildman–Crippen MR) is 132 cm³/mol. The van der Waals surface area contributed by atoms with Gasteiger partial charge in [0.15, 0.2) is 0 Å². The van der Waals surface area contributed by atoms with Crippen molar-refractivity contribution in [3.63, 3.8) is 0 Å². The lowest BCUT2D eigenvalue weighted by molar-refractivity contribution is -0.149. The molecule has 1 saturated heterocycles. The van der Waals surface area contributed by atoms with Crippen LogP contribution < -0.4 is 10.2 Å². The molecule has 1 fully saturated rings. The molecule has 1 aromatic heterocycles. The van der Waals surface area contributed by atoms with E-state index in [2.05, 4.69) is 10.3 Å². The highest BCUT2D eigenvalue weighted by atomic mass is 32.1. The number of nitrogens with one attached hydrogen (secondary N) is 1. The number of hydrogen-bond acceptors (Lipinski definition) is 6. The van der Waals surface area contributed by atoms with Crippen molar-refractivity contribution in [1.29, 1.82) is 0 Å². The second-order valence-corrected chi connectivity index (χ2v) is 9.57. The molecule has 0 radical (unpaired) electrons. The number of carbonyl (C=O) groups excluding carboxylic acids is 3. The Labute approximate surface area is 202 Å². The summed E-state index contributed by atoms with van der Waals surface area (Å²) in [5.74, 6) is -1.15. The normalized spacial score (nSPS) is 15.4. The third kappa shape index (κ3) is 5.69. The fourth-order valence-electron chi connectivity index (χ4n) is 3.80. The van der Waals surface area contributed by atoms with E-state index in [-0.39, 0.29) is 31.3 Å². The van der Waals surface area contributed by atoms with Crippen LogP contribution in [0.5, 0.6) is 0 Å². The zero-order valence-corrected chi connectivity index (χ0v) is 20.3. The Bertz CT molecular complexity index is 1220. The van der Waals surface area contributed by atoms with Gasteiger partial charge in [-0.05, 0) is 50.1 Å². The van der Waals surface area contributed by atoms with E-state index in [0.717, 1.165) is 28.1 Å². The monoisotopic (exact) mass is 477 g/mol. The van der Waals surface area contributed by atoms with Gasteiger partial charge in [-0.15, -0.1) is 11.3 Å². The molecule has 34 heavy (non-hydrogen) atoms. The number of aromatic nitrogens is 1. The summed E-state index contributed by atoms with van der Waals surface area (Å²) in [7, 11) is 0. The molecule has 1 aliphatic heterocycles. The quantitative estimate of drug-likeness (QED) is 0.511. The number of anilines is 2. The average molecular weight is 478 g/mol. The predicted octanol–water partition coefficient (Wildman–Crippen LogP) is 4.35.